The van der Waals surface area contributed by atoms with E-state index in [1.807, 2.05) is 0 Å². The van der Waals surface area contributed by atoms with Crippen molar-refractivity contribution < 1.29 is 213 Å². The lowest BCUT2D eigenvalue weighted by molar-refractivity contribution is -0.284. The number of fused-ring (bicyclic) bond motifs is 4. The molecule has 0 radical (unpaired) electrons. The van der Waals surface area contributed by atoms with Gasteiger partial charge in [0.1, 0.15) is 24.4 Å². The van der Waals surface area contributed by atoms with Crippen LogP contribution >= 0.6 is 0 Å². The summed E-state index contributed by atoms with van der Waals surface area (Å²) in [6.07, 6.45) is -27.7. The smallest absolute Gasteiger partial charge is 0.342 e. The van der Waals surface area contributed by atoms with Crippen LogP contribution in [0.1, 0.15) is 89.3 Å². The molecule has 111 heavy (non-hydrogen) atoms. The zero-order valence-electron chi connectivity index (χ0n) is 54.7. The molecular formula is C68H52O43. The van der Waals surface area contributed by atoms with Gasteiger partial charge in [-0.2, -0.15) is 0 Å². The fraction of sp³-hybridized carbons (Fsp3) is 0.176. The monoisotopic (exact) mass is 1560 g/mol. The number of aliphatic hydroxyl groups is 2. The van der Waals surface area contributed by atoms with Crippen LogP contribution in [0.4, 0.5) is 0 Å². The quantitative estimate of drug-likeness (QED) is 0.0397. The molecule has 582 valence electrons. The van der Waals surface area contributed by atoms with Gasteiger partial charge in [-0.3, -0.25) is 4.79 Å². The van der Waals surface area contributed by atoms with E-state index in [0.717, 1.165) is 0 Å². The van der Waals surface area contributed by atoms with Crippen molar-refractivity contribution in [2.75, 3.05) is 6.61 Å². The van der Waals surface area contributed by atoms with E-state index in [4.69, 9.17) is 47.4 Å². The van der Waals surface area contributed by atoms with Gasteiger partial charge >= 0.3 is 41.8 Å². The van der Waals surface area contributed by atoms with E-state index in [1.54, 1.807) is 0 Å². The summed E-state index contributed by atoms with van der Waals surface area (Å²) >= 11 is 0. The average Bonchev–Trinajstić information content (AvgIpc) is 0.740. The maximum Gasteiger partial charge on any atom is 0.342 e. The molecule has 2 saturated heterocycles. The number of ketones is 1. The van der Waals surface area contributed by atoms with Crippen molar-refractivity contribution in [2.24, 2.45) is 0 Å². The number of aliphatic hydroxyl groups excluding tert-OH is 2. The molecule has 0 unspecified atom stereocenters. The van der Waals surface area contributed by atoms with Gasteiger partial charge in [-0.15, -0.1) is 0 Å². The van der Waals surface area contributed by atoms with Crippen LogP contribution in [0.25, 0.3) is 11.1 Å². The molecule has 8 aromatic carbocycles. The summed E-state index contributed by atoms with van der Waals surface area (Å²) in [5, 5.41) is 267. The SMILES string of the molecule is O=C(OC[C@H]1O[C@@H](O)[C@H](OC(=O)c2cc(O)c(O)c(O)c2Oc2cc3c(c(O)c2O)-c2c(cc(O)c(O)c2O)C(=O)O[C@H]2[C@@H](OC(=O)c4cc(O)c(O)c(O)c4)[C@@H](OC(=O)c4cc(O)c(O)c(O)c4)[C@H](O)O[C@@H]2CC3=O)[C@H](OC(=O)c2cc(O)c(O)c(O)c2)[C@@H]1OC(=O)c1cc(O)c(O)c(O)c1)c1cc(O)c(O)c(O)c1. The van der Waals surface area contributed by atoms with Gasteiger partial charge in [0.25, 0.3) is 0 Å². The Balaban J connectivity index is 1.01. The molecule has 11 rings (SSSR count). The summed E-state index contributed by atoms with van der Waals surface area (Å²) in [6.45, 7) is -1.36. The Labute approximate surface area is 611 Å². The molecule has 0 saturated carbocycles. The number of hydrogen-bond acceptors (Lipinski definition) is 43. The summed E-state index contributed by atoms with van der Waals surface area (Å²) in [6, 6.07) is 5.65. The third-order valence-corrected chi connectivity index (χ3v) is 16.9. The molecule has 0 aliphatic carbocycles. The van der Waals surface area contributed by atoms with Gasteiger partial charge in [-0.1, -0.05) is 0 Å². The fourth-order valence-electron chi connectivity index (χ4n) is 11.4. The minimum atomic E-state index is -2.89. The second-order valence-electron chi connectivity index (χ2n) is 24.0. The van der Waals surface area contributed by atoms with E-state index in [-0.39, 0.29) is 12.1 Å². The molecule has 0 bridgehead atoms. The number of aromatic hydroxyl groups is 23. The first-order valence-electron chi connectivity index (χ1n) is 30.9. The lowest BCUT2D eigenvalue weighted by atomic mass is 9.86. The van der Waals surface area contributed by atoms with Crippen molar-refractivity contribution in [3.63, 3.8) is 0 Å². The second-order valence-corrected chi connectivity index (χ2v) is 24.0. The Hall–Kier alpha value is -15.2. The van der Waals surface area contributed by atoms with Gasteiger partial charge in [0, 0.05) is 29.2 Å². The molecular weight excluding hydrogens is 1500 g/mol. The van der Waals surface area contributed by atoms with Crippen LogP contribution in [0.3, 0.4) is 0 Å². The van der Waals surface area contributed by atoms with E-state index in [9.17, 15) is 161 Å². The van der Waals surface area contributed by atoms with E-state index < -0.39 is 321 Å². The van der Waals surface area contributed by atoms with Crippen LogP contribution in [-0.4, -0.2) is 243 Å². The van der Waals surface area contributed by atoms with Crippen molar-refractivity contribution >= 4 is 47.6 Å². The van der Waals surface area contributed by atoms with Crippen LogP contribution in [0.15, 0.2) is 78.9 Å². The Kier molecular flexibility index (Phi) is 20.3. The molecule has 0 aromatic heterocycles. The molecule has 3 aliphatic rings. The summed E-state index contributed by atoms with van der Waals surface area (Å²) in [5.74, 6) is -48.1. The number of phenols is 23. The number of rotatable bonds is 15. The van der Waals surface area contributed by atoms with Crippen molar-refractivity contribution in [1.29, 1.82) is 0 Å². The third kappa shape index (κ3) is 14.4. The third-order valence-electron chi connectivity index (χ3n) is 16.9. The first-order chi connectivity index (χ1) is 52.1. The number of carbonyl (C=O) groups is 8. The van der Waals surface area contributed by atoms with E-state index in [1.165, 1.54) is 0 Å². The summed E-state index contributed by atoms with van der Waals surface area (Å²) < 4.78 is 55.5. The Morgan fingerprint density at radius 2 is 0.685 bits per heavy atom. The highest BCUT2D eigenvalue weighted by Gasteiger charge is 2.56. The minimum absolute atomic E-state index is 0.165. The molecule has 0 amide bonds. The summed E-state index contributed by atoms with van der Waals surface area (Å²) in [5.41, 5.74) is -10.9. The van der Waals surface area contributed by atoms with Crippen LogP contribution in [-0.2, 0) is 42.6 Å². The molecule has 43 heteroatoms. The number of phenolic OH excluding ortho intramolecular Hbond substituents is 23. The Morgan fingerprint density at radius 1 is 0.342 bits per heavy atom. The second kappa shape index (κ2) is 29.2. The number of ether oxygens (including phenoxy) is 10. The van der Waals surface area contributed by atoms with Crippen molar-refractivity contribution in [1.82, 2.24) is 0 Å². The standard InChI is InChI=1S/C68H52O43/c69-24-14-38-54(56(108-62(95)18-5-29(74)44(84)30(75)6-18)58(67(100)104-38)110-64(97)20-9-33(78)46(86)34(79)10-20)107-65(98)22-11-35(80)47(87)50(90)41(22)40-21(24)13-37(49(89)51(40)91)103-53-23(12-36(81)48(88)52(53)92)66(99)111-59-57(109-63(96)19-7-31(76)45(85)32(77)8-19)55(106-61(94)17-3-27(72)43(83)28(73)4-17)39(105-68(59)101)15-102-60(93)16-1-25(70)42(82)26(71)2-16/h1-13,38-39,54-59,67-68,70-92,100-101H,14-15H2/t38-,39-,54-,55-,56-,57-,58-,59-,67-,68-/m1/s1. The van der Waals surface area contributed by atoms with Gasteiger partial charge in [-0.05, 0) is 72.8 Å². The minimum Gasteiger partial charge on any atom is -0.504 e. The summed E-state index contributed by atoms with van der Waals surface area (Å²) in [7, 11) is 0. The van der Waals surface area contributed by atoms with Crippen molar-refractivity contribution in [3.05, 3.63) is 123 Å². The molecule has 0 spiro atoms. The predicted octanol–water partition coefficient (Wildman–Crippen LogP) is 2.21. The molecule has 2 fully saturated rings. The lowest BCUT2D eigenvalue weighted by Gasteiger charge is -2.43. The topological polar surface area (TPSA) is 735 Å². The average molecular weight is 1560 g/mol. The van der Waals surface area contributed by atoms with Gasteiger partial charge in [-0.25, -0.2) is 33.6 Å². The first-order valence-corrected chi connectivity index (χ1v) is 30.9. The normalized spacial score (nSPS) is 20.0. The van der Waals surface area contributed by atoms with Crippen LogP contribution in [0, 0.1) is 0 Å². The highest BCUT2D eigenvalue weighted by Crippen LogP contribution is 2.57. The highest BCUT2D eigenvalue weighted by molar-refractivity contribution is 6.11. The zero-order chi connectivity index (χ0) is 81.3. The number of carbonyl (C=O) groups excluding carboxylic acids is 8. The van der Waals surface area contributed by atoms with Crippen molar-refractivity contribution in [3.8, 4) is 155 Å². The highest BCUT2D eigenvalue weighted by atomic mass is 16.7. The lowest BCUT2D eigenvalue weighted by Crippen LogP contribution is -2.62. The van der Waals surface area contributed by atoms with Gasteiger partial charge < -0.3 is 175 Å². The molecule has 3 heterocycles. The van der Waals surface area contributed by atoms with Gasteiger partial charge in [0.05, 0.1) is 33.4 Å². The molecule has 3 aliphatic heterocycles. The van der Waals surface area contributed by atoms with Crippen LogP contribution < -0.4 is 4.74 Å². The van der Waals surface area contributed by atoms with Gasteiger partial charge in [0.15, 0.2) is 176 Å². The van der Waals surface area contributed by atoms with Gasteiger partial charge in [0.2, 0.25) is 23.0 Å². The van der Waals surface area contributed by atoms with Crippen molar-refractivity contribution in [2.45, 2.75) is 67.8 Å². The van der Waals surface area contributed by atoms with Crippen LogP contribution in [0.5, 0.6) is 144 Å². The number of benzene rings is 8. The van der Waals surface area contributed by atoms with E-state index in [2.05, 4.69) is 0 Å². The largest absolute Gasteiger partial charge is 0.504 e. The Morgan fingerprint density at radius 3 is 1.14 bits per heavy atom. The molecule has 10 atom stereocenters. The zero-order valence-corrected chi connectivity index (χ0v) is 54.7. The fourth-order valence-corrected chi connectivity index (χ4v) is 11.4. The summed E-state index contributed by atoms with van der Waals surface area (Å²) in [4.78, 5) is 115. The van der Waals surface area contributed by atoms with Crippen LogP contribution in [0.2, 0.25) is 0 Å². The predicted molar refractivity (Wildman–Crippen MR) is 345 cm³/mol. The first kappa shape index (κ1) is 76.9. The number of hydrogen-bond donors (Lipinski definition) is 25. The van der Waals surface area contributed by atoms with E-state index >= 15 is 4.79 Å². The maximum absolute atomic E-state index is 15.3. The number of Topliss-reactive ketones (excluding diaryl/α,β-unsaturated/α-hetero) is 1. The molecule has 8 aromatic rings. The van der Waals surface area contributed by atoms with E-state index in [0.29, 0.717) is 66.7 Å². The molecule has 25 N–H and O–H groups in total. The number of esters is 7. The molecule has 43 nitrogen and oxygen atoms in total. The Bertz CT molecular complexity index is 5140. The maximum atomic E-state index is 15.3.